The van der Waals surface area contributed by atoms with E-state index in [1.54, 1.807) is 20.8 Å². The Kier molecular flexibility index (Phi) is 4.15. The second-order valence-electron chi connectivity index (χ2n) is 5.85. The molecule has 2 rings (SSSR count). The summed E-state index contributed by atoms with van der Waals surface area (Å²) in [7, 11) is 0. The Hall–Kier alpha value is -1.40. The molecular weight excluding hydrogens is 282 g/mol. The molecule has 0 aliphatic carbocycles. The molecule has 1 aromatic heterocycles. The Morgan fingerprint density at radius 1 is 1.55 bits per heavy atom. The fourth-order valence-electron chi connectivity index (χ4n) is 1.84. The minimum absolute atomic E-state index is 0.133. The highest BCUT2D eigenvalue weighted by Gasteiger charge is 2.25. The summed E-state index contributed by atoms with van der Waals surface area (Å²) in [5, 5.41) is 6.81. The van der Waals surface area contributed by atoms with Gasteiger partial charge in [-0.2, -0.15) is 5.10 Å². The van der Waals surface area contributed by atoms with Gasteiger partial charge in [-0.25, -0.2) is 4.68 Å². The second-order valence-corrected chi connectivity index (χ2v) is 6.24. The van der Waals surface area contributed by atoms with E-state index in [2.05, 4.69) is 10.4 Å². The van der Waals surface area contributed by atoms with E-state index in [0.29, 0.717) is 19.6 Å². The number of nitrogens with one attached hydrogen (secondary N) is 1. The van der Waals surface area contributed by atoms with E-state index in [4.69, 9.17) is 16.3 Å². The first-order valence-corrected chi connectivity index (χ1v) is 6.85. The summed E-state index contributed by atoms with van der Waals surface area (Å²) in [4.78, 5) is 24.3. The molecule has 1 fully saturated rings. The van der Waals surface area contributed by atoms with E-state index in [9.17, 15) is 9.59 Å². The lowest BCUT2D eigenvalue weighted by Crippen LogP contribution is -2.34. The van der Waals surface area contributed by atoms with E-state index in [1.807, 2.05) is 0 Å². The van der Waals surface area contributed by atoms with Gasteiger partial charge in [-0.3, -0.25) is 9.59 Å². The van der Waals surface area contributed by atoms with E-state index in [1.165, 1.54) is 10.7 Å². The van der Waals surface area contributed by atoms with Crippen LogP contribution in [-0.4, -0.2) is 28.9 Å². The minimum Gasteiger partial charge on any atom is -0.379 e. The molecule has 1 saturated heterocycles. The zero-order chi connectivity index (χ0) is 14.9. The van der Waals surface area contributed by atoms with E-state index < -0.39 is 5.41 Å². The van der Waals surface area contributed by atoms with Crippen LogP contribution in [0, 0.1) is 5.41 Å². The van der Waals surface area contributed by atoms with Crippen molar-refractivity contribution in [2.75, 3.05) is 18.5 Å². The van der Waals surface area contributed by atoms with Gasteiger partial charge in [0.15, 0.2) is 5.15 Å². The number of carbonyl (C=O) groups is 1. The van der Waals surface area contributed by atoms with Gasteiger partial charge in [-0.15, -0.1) is 0 Å². The Morgan fingerprint density at radius 3 is 2.80 bits per heavy atom. The predicted molar refractivity (Wildman–Crippen MR) is 76.1 cm³/mol. The van der Waals surface area contributed by atoms with Crippen molar-refractivity contribution in [1.29, 1.82) is 0 Å². The number of carbonyl (C=O) groups excluding carboxylic acids is 1. The lowest BCUT2D eigenvalue weighted by atomic mass is 9.96. The van der Waals surface area contributed by atoms with Crippen molar-refractivity contribution < 1.29 is 9.53 Å². The fraction of sp³-hybridized carbons (Fsp3) is 0.615. The first-order valence-electron chi connectivity index (χ1n) is 6.47. The molecule has 0 aromatic carbocycles. The molecular formula is C13H18ClN3O3. The molecule has 7 heteroatoms. The second kappa shape index (κ2) is 5.54. The lowest BCUT2D eigenvalue weighted by Gasteiger charge is -2.18. The molecule has 1 atom stereocenters. The first kappa shape index (κ1) is 15.0. The molecule has 0 radical (unpaired) electrons. The molecule has 1 aliphatic rings. The largest absolute Gasteiger partial charge is 0.379 e. The summed E-state index contributed by atoms with van der Waals surface area (Å²) in [5.74, 6) is -0.244. The van der Waals surface area contributed by atoms with Gasteiger partial charge in [-0.05, 0) is 6.42 Å². The van der Waals surface area contributed by atoms with E-state index >= 15 is 0 Å². The number of nitrogens with zero attached hydrogens (tertiary/aromatic N) is 2. The van der Waals surface area contributed by atoms with Crippen LogP contribution in [0.2, 0.25) is 5.15 Å². The first-order chi connectivity index (χ1) is 9.29. The molecule has 20 heavy (non-hydrogen) atoms. The fourth-order valence-corrected chi connectivity index (χ4v) is 2.03. The van der Waals surface area contributed by atoms with Gasteiger partial charge in [0, 0.05) is 18.1 Å². The summed E-state index contributed by atoms with van der Waals surface area (Å²) in [5.41, 5.74) is -0.803. The normalized spacial score (nSPS) is 19.1. The maximum atomic E-state index is 12.3. The standard InChI is InChI=1S/C13H18ClN3O3/c1-13(2,3)12(19)15-9-6-10(14)16-17(11(9)18)8-4-5-20-7-8/h6,8H,4-5,7H2,1-3H3,(H,15,19)/t8-/m1/s1. The van der Waals surface area contributed by atoms with Crippen molar-refractivity contribution >= 4 is 23.2 Å². The SMILES string of the molecule is CC(C)(C)C(=O)Nc1cc(Cl)nn([C@@H]2CCOC2)c1=O. The van der Waals surface area contributed by atoms with Gasteiger partial charge in [0.05, 0.1) is 12.6 Å². The van der Waals surface area contributed by atoms with Gasteiger partial charge in [0.25, 0.3) is 5.56 Å². The maximum absolute atomic E-state index is 12.3. The highest BCUT2D eigenvalue weighted by molar-refractivity contribution is 6.29. The van der Waals surface area contributed by atoms with Crippen molar-refractivity contribution in [1.82, 2.24) is 9.78 Å². The molecule has 110 valence electrons. The number of ether oxygens (including phenoxy) is 1. The minimum atomic E-state index is -0.594. The number of rotatable bonds is 2. The molecule has 0 saturated carbocycles. The summed E-state index contributed by atoms with van der Waals surface area (Å²) in [6.45, 7) is 6.34. The number of hydrogen-bond donors (Lipinski definition) is 1. The molecule has 1 aromatic rings. The Labute approximate surface area is 122 Å². The average molecular weight is 300 g/mol. The van der Waals surface area contributed by atoms with Crippen molar-refractivity contribution in [2.45, 2.75) is 33.2 Å². The smallest absolute Gasteiger partial charge is 0.290 e. The van der Waals surface area contributed by atoms with Gasteiger partial charge in [0.1, 0.15) is 5.69 Å². The monoisotopic (exact) mass is 299 g/mol. The number of amides is 1. The Morgan fingerprint density at radius 2 is 2.25 bits per heavy atom. The van der Waals surface area contributed by atoms with Crippen LogP contribution in [0.25, 0.3) is 0 Å². The Bertz CT molecular complexity index is 571. The van der Waals surface area contributed by atoms with Crippen LogP contribution in [0.5, 0.6) is 0 Å². The molecule has 2 heterocycles. The molecule has 0 bridgehead atoms. The van der Waals surface area contributed by atoms with Crippen molar-refractivity contribution in [2.24, 2.45) is 5.41 Å². The van der Waals surface area contributed by atoms with E-state index in [0.717, 1.165) is 0 Å². The van der Waals surface area contributed by atoms with Gasteiger partial charge < -0.3 is 10.1 Å². The van der Waals surface area contributed by atoms with Crippen LogP contribution in [0.1, 0.15) is 33.2 Å². The zero-order valence-electron chi connectivity index (χ0n) is 11.8. The van der Waals surface area contributed by atoms with Crippen LogP contribution in [0.3, 0.4) is 0 Å². The van der Waals surface area contributed by atoms with Crippen LogP contribution in [-0.2, 0) is 9.53 Å². The lowest BCUT2D eigenvalue weighted by molar-refractivity contribution is -0.123. The number of anilines is 1. The Balaban J connectivity index is 2.34. The van der Waals surface area contributed by atoms with Crippen LogP contribution >= 0.6 is 11.6 Å². The van der Waals surface area contributed by atoms with Crippen LogP contribution in [0.15, 0.2) is 10.9 Å². The van der Waals surface area contributed by atoms with Crippen molar-refractivity contribution in [3.05, 3.63) is 21.6 Å². The third kappa shape index (κ3) is 3.19. The molecule has 1 aliphatic heterocycles. The van der Waals surface area contributed by atoms with Gasteiger partial charge in [-0.1, -0.05) is 32.4 Å². The highest BCUT2D eigenvalue weighted by Crippen LogP contribution is 2.20. The van der Waals surface area contributed by atoms with Gasteiger partial charge in [0.2, 0.25) is 5.91 Å². The summed E-state index contributed by atoms with van der Waals surface area (Å²) < 4.78 is 6.55. The molecule has 6 nitrogen and oxygen atoms in total. The van der Waals surface area contributed by atoms with Crippen molar-refractivity contribution in [3.8, 4) is 0 Å². The number of halogens is 1. The number of aromatic nitrogens is 2. The van der Waals surface area contributed by atoms with E-state index in [-0.39, 0.29) is 28.3 Å². The summed E-state index contributed by atoms with van der Waals surface area (Å²) in [6.07, 6.45) is 0.708. The molecule has 0 unspecified atom stereocenters. The zero-order valence-corrected chi connectivity index (χ0v) is 12.5. The topological polar surface area (TPSA) is 73.2 Å². The third-order valence-corrected chi connectivity index (χ3v) is 3.27. The maximum Gasteiger partial charge on any atom is 0.290 e. The molecule has 0 spiro atoms. The third-order valence-electron chi connectivity index (χ3n) is 3.09. The van der Waals surface area contributed by atoms with Crippen LogP contribution in [0.4, 0.5) is 5.69 Å². The highest BCUT2D eigenvalue weighted by atomic mass is 35.5. The predicted octanol–water partition coefficient (Wildman–Crippen LogP) is 1.84. The van der Waals surface area contributed by atoms with Crippen LogP contribution < -0.4 is 10.9 Å². The van der Waals surface area contributed by atoms with Gasteiger partial charge >= 0.3 is 0 Å². The number of hydrogen-bond acceptors (Lipinski definition) is 4. The summed E-state index contributed by atoms with van der Waals surface area (Å²) in [6, 6.07) is 1.24. The average Bonchev–Trinajstić information content (AvgIpc) is 2.85. The molecule has 1 amide bonds. The summed E-state index contributed by atoms with van der Waals surface area (Å²) >= 11 is 5.94. The van der Waals surface area contributed by atoms with Crippen molar-refractivity contribution in [3.63, 3.8) is 0 Å². The molecule has 1 N–H and O–H groups in total. The quantitative estimate of drug-likeness (QED) is 0.904.